The molecule has 1 aromatic carbocycles. The van der Waals surface area contributed by atoms with E-state index in [0.29, 0.717) is 30.2 Å². The normalized spacial score (nSPS) is 28.5. The van der Waals surface area contributed by atoms with E-state index < -0.39 is 140 Å². The Bertz CT molecular complexity index is 2090. The Morgan fingerprint density at radius 3 is 2.04 bits per heavy atom. The molecule has 2 unspecified atom stereocenters. The number of aliphatic imine (C=N–C) groups is 1. The minimum atomic E-state index is -2.22. The average Bonchev–Trinajstić information content (AvgIpc) is 3.97. The highest BCUT2D eigenvalue weighted by Gasteiger charge is 2.48. The number of aliphatic hydroxyl groups excluding tert-OH is 7. The smallest absolute Gasteiger partial charge is 0.248 e. The van der Waals surface area contributed by atoms with Crippen LogP contribution in [0, 0.1) is 11.8 Å². The summed E-state index contributed by atoms with van der Waals surface area (Å²) in [6, 6.07) is -5.53. The SMILES string of the molecule is CCC(C)CC(C)CCCCCCCCC(=O)N[C@H]1C[C@@H](O)[C@@H](O)NC(=O)[C@@H]2[C@@H](O)CCN2C(=O)[C@H]([C@H](O)CCN=CNN)NC(=O)[C@H]([C@H](O)Cc2ccc(O)cc2)NC(=O)[C@@H]2C[C@@H](O)CN2C(=O)[C@H]([C@@H](C)O)NC1=O. The van der Waals surface area contributed by atoms with Crippen molar-refractivity contribution in [3.05, 3.63) is 29.8 Å². The number of benzene rings is 1. The molecular formula is C51H84N10O15. The first-order chi connectivity index (χ1) is 36.1. The first-order valence-electron chi connectivity index (χ1n) is 26.7. The second-order valence-corrected chi connectivity index (χ2v) is 20.8. The molecule has 0 radical (unpaired) electrons. The summed E-state index contributed by atoms with van der Waals surface area (Å²) in [5, 5.41) is 100. The second kappa shape index (κ2) is 31.0. The molecule has 7 amide bonds. The maximum Gasteiger partial charge on any atom is 0.248 e. The third-order valence-corrected chi connectivity index (χ3v) is 14.5. The summed E-state index contributed by atoms with van der Waals surface area (Å²) in [6.45, 7) is 6.85. The summed E-state index contributed by atoms with van der Waals surface area (Å²) in [5.74, 6) is -1.13. The Balaban J connectivity index is 1.68. The Labute approximate surface area is 443 Å². The van der Waals surface area contributed by atoms with Gasteiger partial charge in [0.1, 0.15) is 48.1 Å². The zero-order valence-corrected chi connectivity index (χ0v) is 44.1. The molecular weight excluding hydrogens is 993 g/mol. The van der Waals surface area contributed by atoms with E-state index in [-0.39, 0.29) is 44.5 Å². The molecule has 0 spiro atoms. The standard InChI is InChI=1S/C51H84N10O15/c1-5-28(2)22-29(3)12-10-8-6-7-9-11-13-40(69)55-34-25-39(68)47(72)59-49(74)44-37(66)19-21-60(44)51(76)43(36(65)18-20-53-27-54-52)58-48(73)42(38(67)23-31-14-16-32(63)17-15-31)57-46(71)35-24-33(64)26-61(35)50(75)41(30(4)62)56-45(34)70/h14-17,27-30,33-39,41-44,47,62-68,72H,5-13,18-26,52H2,1-4H3,(H,53,54)(H,55,69)(H,56,70)(H,57,71)(H,58,73)(H,59,74)/t28?,29?,30-,33-,34+,35+,36-,37+,38-,39-,41+,42+,43+,44+,47-/m1/s1. The Morgan fingerprint density at radius 1 is 0.750 bits per heavy atom. The molecule has 3 aliphatic heterocycles. The molecule has 3 saturated heterocycles. The summed E-state index contributed by atoms with van der Waals surface area (Å²) in [7, 11) is 0. The van der Waals surface area contributed by atoms with Gasteiger partial charge in [-0.3, -0.25) is 38.6 Å². The van der Waals surface area contributed by atoms with E-state index in [0.717, 1.165) is 61.6 Å². The third-order valence-electron chi connectivity index (χ3n) is 14.5. The summed E-state index contributed by atoms with van der Waals surface area (Å²) >= 11 is 0. The zero-order valence-electron chi connectivity index (χ0n) is 44.1. The van der Waals surface area contributed by atoms with Gasteiger partial charge in [0.15, 0.2) is 6.23 Å². The average molecular weight is 1080 g/mol. The van der Waals surface area contributed by atoms with Gasteiger partial charge in [-0.2, -0.15) is 0 Å². The highest BCUT2D eigenvalue weighted by Crippen LogP contribution is 2.25. The number of aromatic hydroxyl groups is 1. The van der Waals surface area contributed by atoms with Crippen LogP contribution in [-0.2, 0) is 40.0 Å². The molecule has 76 heavy (non-hydrogen) atoms. The van der Waals surface area contributed by atoms with Crippen LogP contribution in [0.2, 0.25) is 0 Å². The van der Waals surface area contributed by atoms with Crippen molar-refractivity contribution in [2.75, 3.05) is 19.6 Å². The van der Waals surface area contributed by atoms with Crippen molar-refractivity contribution in [3.8, 4) is 5.75 Å². The highest BCUT2D eigenvalue weighted by atomic mass is 16.3. The van der Waals surface area contributed by atoms with Crippen molar-refractivity contribution in [1.82, 2.24) is 41.8 Å². The molecule has 0 aromatic heterocycles. The number of rotatable bonds is 22. The molecule has 1 aromatic rings. The van der Waals surface area contributed by atoms with Crippen molar-refractivity contribution in [1.29, 1.82) is 0 Å². The quantitative estimate of drug-likeness (QED) is 0.0183. The molecule has 0 aliphatic carbocycles. The van der Waals surface area contributed by atoms with Crippen molar-refractivity contribution in [2.45, 2.75) is 203 Å². The molecule has 16 N–H and O–H groups in total. The molecule has 4 rings (SSSR count). The second-order valence-electron chi connectivity index (χ2n) is 20.8. The van der Waals surface area contributed by atoms with Crippen LogP contribution in [-0.4, -0.2) is 197 Å². The van der Waals surface area contributed by atoms with Gasteiger partial charge in [0.2, 0.25) is 41.4 Å². The highest BCUT2D eigenvalue weighted by molar-refractivity contribution is 5.98. The lowest BCUT2D eigenvalue weighted by atomic mass is 9.91. The van der Waals surface area contributed by atoms with Gasteiger partial charge < -0.3 is 82.7 Å². The lowest BCUT2D eigenvalue weighted by Crippen LogP contribution is -2.64. The summed E-state index contributed by atoms with van der Waals surface area (Å²) in [6.07, 6.45) is -5.04. The van der Waals surface area contributed by atoms with Crippen LogP contribution in [0.3, 0.4) is 0 Å². The minimum Gasteiger partial charge on any atom is -0.508 e. The molecule has 0 saturated carbocycles. The topological polar surface area (TPSA) is 398 Å². The van der Waals surface area contributed by atoms with Gasteiger partial charge >= 0.3 is 0 Å². The number of nitrogens with one attached hydrogen (secondary N) is 6. The lowest BCUT2D eigenvalue weighted by molar-refractivity contribution is -0.148. The largest absolute Gasteiger partial charge is 0.508 e. The van der Waals surface area contributed by atoms with Crippen LogP contribution < -0.4 is 37.9 Å². The maximum atomic E-state index is 14.5. The number of nitrogens with zero attached hydrogens (tertiary/aromatic N) is 3. The Hall–Kier alpha value is -5.54. The van der Waals surface area contributed by atoms with E-state index in [1.54, 1.807) is 0 Å². The van der Waals surface area contributed by atoms with Gasteiger partial charge in [0.05, 0.1) is 36.9 Å². The number of carbonyl (C=O) groups excluding carboxylic acids is 7. The van der Waals surface area contributed by atoms with E-state index in [1.165, 1.54) is 30.7 Å². The molecule has 25 nitrogen and oxygen atoms in total. The molecule has 3 heterocycles. The van der Waals surface area contributed by atoms with Gasteiger partial charge in [-0.15, -0.1) is 0 Å². The van der Waals surface area contributed by atoms with Gasteiger partial charge in [-0.05, 0) is 62.1 Å². The predicted molar refractivity (Wildman–Crippen MR) is 276 cm³/mol. The molecule has 3 aliphatic rings. The zero-order chi connectivity index (χ0) is 56.2. The lowest BCUT2D eigenvalue weighted by Gasteiger charge is -2.34. The van der Waals surface area contributed by atoms with Crippen LogP contribution in [0.1, 0.15) is 123 Å². The van der Waals surface area contributed by atoms with E-state index in [9.17, 15) is 74.4 Å². The fourth-order valence-electron chi connectivity index (χ4n) is 9.93. The molecule has 0 bridgehead atoms. The van der Waals surface area contributed by atoms with Gasteiger partial charge in [0, 0.05) is 45.3 Å². The van der Waals surface area contributed by atoms with Gasteiger partial charge in [-0.25, -0.2) is 5.84 Å². The predicted octanol–water partition coefficient (Wildman–Crippen LogP) is -2.83. The summed E-state index contributed by atoms with van der Waals surface area (Å²) < 4.78 is 0. The fourth-order valence-corrected chi connectivity index (χ4v) is 9.93. The van der Waals surface area contributed by atoms with E-state index >= 15 is 0 Å². The van der Waals surface area contributed by atoms with Crippen molar-refractivity contribution >= 4 is 47.7 Å². The number of phenolic OH excluding ortho intramolecular Hbond substituents is 1. The molecule has 15 atom stereocenters. The fraction of sp³-hybridized carbons (Fsp3) is 0.725. The van der Waals surface area contributed by atoms with E-state index in [1.807, 2.05) is 0 Å². The van der Waals surface area contributed by atoms with Crippen LogP contribution in [0.15, 0.2) is 29.3 Å². The number of aliphatic hydroxyl groups is 7. The molecule has 25 heteroatoms. The van der Waals surface area contributed by atoms with Crippen LogP contribution in [0.5, 0.6) is 5.75 Å². The number of hydrogen-bond donors (Lipinski definition) is 15. The number of fused-ring (bicyclic) bond motifs is 2. The van der Waals surface area contributed by atoms with Crippen LogP contribution in [0.4, 0.5) is 0 Å². The number of phenols is 1. The monoisotopic (exact) mass is 1080 g/mol. The number of carbonyl (C=O) groups is 7. The maximum absolute atomic E-state index is 14.5. The van der Waals surface area contributed by atoms with Gasteiger partial charge in [-0.1, -0.05) is 77.8 Å². The van der Waals surface area contributed by atoms with Gasteiger partial charge in [0.25, 0.3) is 0 Å². The van der Waals surface area contributed by atoms with E-state index in [4.69, 9.17) is 5.84 Å². The summed E-state index contributed by atoms with van der Waals surface area (Å²) in [5.41, 5.74) is 2.54. The van der Waals surface area contributed by atoms with Crippen molar-refractivity contribution in [2.24, 2.45) is 22.7 Å². The number of amides is 7. The number of unbranched alkanes of at least 4 members (excludes halogenated alkanes) is 5. The molecule has 428 valence electrons. The Kier molecular flexibility index (Phi) is 25.7. The summed E-state index contributed by atoms with van der Waals surface area (Å²) in [4.78, 5) is 105. The number of hydrogen-bond acceptors (Lipinski definition) is 17. The molecule has 3 fully saturated rings. The van der Waals surface area contributed by atoms with Crippen LogP contribution >= 0.6 is 0 Å². The number of nitrogens with two attached hydrogens (primary N) is 1. The Morgan fingerprint density at radius 2 is 1.38 bits per heavy atom. The van der Waals surface area contributed by atoms with Crippen LogP contribution in [0.25, 0.3) is 0 Å². The van der Waals surface area contributed by atoms with Crippen molar-refractivity contribution in [3.63, 3.8) is 0 Å². The minimum absolute atomic E-state index is 0.0500. The first-order valence-corrected chi connectivity index (χ1v) is 26.7. The van der Waals surface area contributed by atoms with E-state index in [2.05, 4.69) is 57.8 Å². The number of hydrazine groups is 1. The van der Waals surface area contributed by atoms with Crippen molar-refractivity contribution < 1.29 is 74.4 Å². The third kappa shape index (κ3) is 18.9. The first kappa shape index (κ1) is 63.0.